The normalized spacial score (nSPS) is 9.93. The molecule has 0 aromatic carbocycles. The zero-order valence-electron chi connectivity index (χ0n) is 8.58. The van der Waals surface area contributed by atoms with Gasteiger partial charge in [-0.15, -0.1) is 0 Å². The van der Waals surface area contributed by atoms with Gasteiger partial charge in [0, 0.05) is 17.2 Å². The largest absolute Gasteiger partial charge is 0.502 e. The molecule has 0 saturated carbocycles. The van der Waals surface area contributed by atoms with Crippen molar-refractivity contribution in [3.8, 4) is 0 Å². The van der Waals surface area contributed by atoms with E-state index in [2.05, 4.69) is 32.8 Å². The molecular formula is C11H15BrN2O. The van der Waals surface area contributed by atoms with Crippen molar-refractivity contribution in [2.75, 3.05) is 13.2 Å². The first-order chi connectivity index (χ1) is 7.33. The molecule has 0 aliphatic rings. The topological polar surface area (TPSA) is 34.1 Å². The number of aromatic nitrogens is 1. The van der Waals surface area contributed by atoms with Gasteiger partial charge in [-0.05, 0) is 41.0 Å². The highest BCUT2D eigenvalue weighted by Crippen LogP contribution is 2.06. The van der Waals surface area contributed by atoms with Crippen LogP contribution in [0.2, 0.25) is 0 Å². The fraction of sp³-hybridized carbons (Fsp3) is 0.364. The molecule has 82 valence electrons. The molecular weight excluding hydrogens is 256 g/mol. The lowest BCUT2D eigenvalue weighted by Gasteiger charge is -2.04. The first kappa shape index (κ1) is 12.2. The lowest BCUT2D eigenvalue weighted by Crippen LogP contribution is -2.16. The van der Waals surface area contributed by atoms with Crippen molar-refractivity contribution in [2.45, 2.75) is 13.0 Å². The zero-order valence-corrected chi connectivity index (χ0v) is 10.2. The van der Waals surface area contributed by atoms with E-state index in [-0.39, 0.29) is 0 Å². The average molecular weight is 271 g/mol. The molecule has 4 heteroatoms. The van der Waals surface area contributed by atoms with Crippen molar-refractivity contribution in [3.63, 3.8) is 0 Å². The van der Waals surface area contributed by atoms with Gasteiger partial charge in [-0.1, -0.05) is 6.58 Å². The number of nitrogens with zero attached hydrogens (tertiary/aromatic N) is 1. The van der Waals surface area contributed by atoms with E-state index in [1.54, 1.807) is 6.20 Å². The summed E-state index contributed by atoms with van der Waals surface area (Å²) in [4.78, 5) is 4.26. The Hall–Kier alpha value is -0.870. The van der Waals surface area contributed by atoms with Crippen molar-refractivity contribution >= 4 is 15.9 Å². The van der Waals surface area contributed by atoms with Gasteiger partial charge in [0.2, 0.25) is 0 Å². The molecule has 1 aromatic heterocycles. The number of halogens is 1. The van der Waals surface area contributed by atoms with Crippen molar-refractivity contribution < 1.29 is 4.74 Å². The van der Waals surface area contributed by atoms with Crippen LogP contribution in [-0.4, -0.2) is 18.1 Å². The standard InChI is InChI=1S/C11H15BrN2O/c1-2-15-7-3-6-13-9-11-5-4-10(12)8-14-11/h2,4-5,8,13H,1,3,6-7,9H2. The maximum Gasteiger partial charge on any atom is 0.0885 e. The smallest absolute Gasteiger partial charge is 0.0885 e. The highest BCUT2D eigenvalue weighted by molar-refractivity contribution is 9.10. The highest BCUT2D eigenvalue weighted by Gasteiger charge is 1.93. The molecule has 1 aromatic rings. The van der Waals surface area contributed by atoms with Gasteiger partial charge in [0.1, 0.15) is 0 Å². The Kier molecular flexibility index (Phi) is 6.04. The van der Waals surface area contributed by atoms with E-state index in [0.717, 1.165) is 29.7 Å². The van der Waals surface area contributed by atoms with Gasteiger partial charge in [0.25, 0.3) is 0 Å². The van der Waals surface area contributed by atoms with E-state index in [0.29, 0.717) is 6.61 Å². The summed E-state index contributed by atoms with van der Waals surface area (Å²) in [7, 11) is 0. The first-order valence-corrected chi connectivity index (χ1v) is 5.66. The number of ether oxygens (including phenoxy) is 1. The molecule has 1 rings (SSSR count). The van der Waals surface area contributed by atoms with Gasteiger partial charge < -0.3 is 10.1 Å². The predicted octanol–water partition coefficient (Wildman–Crippen LogP) is 2.48. The Bertz CT molecular complexity index is 287. The van der Waals surface area contributed by atoms with E-state index >= 15 is 0 Å². The molecule has 0 amide bonds. The van der Waals surface area contributed by atoms with Crippen LogP contribution in [0.3, 0.4) is 0 Å². The lowest BCUT2D eigenvalue weighted by molar-refractivity contribution is 0.244. The van der Waals surface area contributed by atoms with Gasteiger partial charge in [-0.25, -0.2) is 0 Å². The third kappa shape index (κ3) is 5.54. The quantitative estimate of drug-likeness (QED) is 0.611. The molecule has 0 aliphatic carbocycles. The van der Waals surface area contributed by atoms with E-state index in [1.807, 2.05) is 12.1 Å². The van der Waals surface area contributed by atoms with Gasteiger partial charge in [-0.2, -0.15) is 0 Å². The molecule has 1 heterocycles. The predicted molar refractivity (Wildman–Crippen MR) is 64.4 cm³/mol. The Morgan fingerprint density at radius 2 is 2.40 bits per heavy atom. The lowest BCUT2D eigenvalue weighted by atomic mass is 10.3. The SMILES string of the molecule is C=COCCCNCc1ccc(Br)cn1. The van der Waals surface area contributed by atoms with E-state index < -0.39 is 0 Å². The molecule has 0 radical (unpaired) electrons. The monoisotopic (exact) mass is 270 g/mol. The van der Waals surface area contributed by atoms with Crippen LogP contribution < -0.4 is 5.32 Å². The van der Waals surface area contributed by atoms with Crippen molar-refractivity contribution in [2.24, 2.45) is 0 Å². The summed E-state index contributed by atoms with van der Waals surface area (Å²) < 4.78 is 6.01. The highest BCUT2D eigenvalue weighted by atomic mass is 79.9. The molecule has 0 fully saturated rings. The number of pyridine rings is 1. The minimum absolute atomic E-state index is 0.713. The Balaban J connectivity index is 2.09. The molecule has 0 atom stereocenters. The van der Waals surface area contributed by atoms with Crippen LogP contribution in [0.1, 0.15) is 12.1 Å². The maximum atomic E-state index is 5.00. The average Bonchev–Trinajstić information content (AvgIpc) is 2.26. The van der Waals surface area contributed by atoms with Crippen molar-refractivity contribution in [3.05, 3.63) is 41.3 Å². The fourth-order valence-corrected chi connectivity index (χ4v) is 1.33. The van der Waals surface area contributed by atoms with Crippen LogP contribution in [0.4, 0.5) is 0 Å². The number of rotatable bonds is 7. The van der Waals surface area contributed by atoms with Gasteiger partial charge in [-0.3, -0.25) is 4.98 Å². The molecule has 3 nitrogen and oxygen atoms in total. The molecule has 0 unspecified atom stereocenters. The summed E-state index contributed by atoms with van der Waals surface area (Å²) in [6, 6.07) is 3.99. The fourth-order valence-electron chi connectivity index (χ4n) is 1.09. The van der Waals surface area contributed by atoms with E-state index in [1.165, 1.54) is 6.26 Å². The molecule has 15 heavy (non-hydrogen) atoms. The molecule has 1 N–H and O–H groups in total. The summed E-state index contributed by atoms with van der Waals surface area (Å²) in [6.07, 6.45) is 4.25. The summed E-state index contributed by atoms with van der Waals surface area (Å²) in [5.74, 6) is 0. The summed E-state index contributed by atoms with van der Waals surface area (Å²) >= 11 is 3.35. The number of hydrogen-bond donors (Lipinski definition) is 1. The number of nitrogens with one attached hydrogen (secondary N) is 1. The minimum Gasteiger partial charge on any atom is -0.502 e. The maximum absolute atomic E-state index is 5.00. The third-order valence-corrected chi connectivity index (χ3v) is 2.30. The number of hydrogen-bond acceptors (Lipinski definition) is 3. The second kappa shape index (κ2) is 7.43. The first-order valence-electron chi connectivity index (χ1n) is 4.86. The summed E-state index contributed by atoms with van der Waals surface area (Å²) in [6.45, 7) is 5.91. The van der Waals surface area contributed by atoms with E-state index in [4.69, 9.17) is 4.74 Å². The Morgan fingerprint density at radius 3 is 3.07 bits per heavy atom. The minimum atomic E-state index is 0.713. The molecule has 0 spiro atoms. The Morgan fingerprint density at radius 1 is 1.53 bits per heavy atom. The molecule has 0 saturated heterocycles. The summed E-state index contributed by atoms with van der Waals surface area (Å²) in [5.41, 5.74) is 1.04. The van der Waals surface area contributed by atoms with Crippen LogP contribution in [-0.2, 0) is 11.3 Å². The molecule has 0 aliphatic heterocycles. The van der Waals surface area contributed by atoms with Crippen LogP contribution in [0.5, 0.6) is 0 Å². The Labute approximate surface area is 98.7 Å². The molecule has 0 bridgehead atoms. The third-order valence-electron chi connectivity index (χ3n) is 1.83. The zero-order chi connectivity index (χ0) is 10.9. The van der Waals surface area contributed by atoms with E-state index in [9.17, 15) is 0 Å². The van der Waals surface area contributed by atoms with Crippen molar-refractivity contribution in [1.82, 2.24) is 10.3 Å². The summed E-state index contributed by atoms with van der Waals surface area (Å²) in [5, 5.41) is 3.29. The van der Waals surface area contributed by atoms with Crippen LogP contribution >= 0.6 is 15.9 Å². The van der Waals surface area contributed by atoms with Crippen LogP contribution in [0.15, 0.2) is 35.6 Å². The second-order valence-corrected chi connectivity index (χ2v) is 3.95. The van der Waals surface area contributed by atoms with Crippen LogP contribution in [0, 0.1) is 0 Å². The van der Waals surface area contributed by atoms with Gasteiger partial charge in [0.15, 0.2) is 0 Å². The van der Waals surface area contributed by atoms with Crippen molar-refractivity contribution in [1.29, 1.82) is 0 Å². The second-order valence-electron chi connectivity index (χ2n) is 3.04. The van der Waals surface area contributed by atoms with Gasteiger partial charge >= 0.3 is 0 Å². The van der Waals surface area contributed by atoms with Gasteiger partial charge in [0.05, 0.1) is 18.6 Å². The van der Waals surface area contributed by atoms with Crippen LogP contribution in [0.25, 0.3) is 0 Å².